The lowest BCUT2D eigenvalue weighted by atomic mass is 9.92. The molecule has 0 aliphatic heterocycles. The molecule has 61 heavy (non-hydrogen) atoms. The first-order chi connectivity index (χ1) is 30.3. The summed E-state index contributed by atoms with van der Waals surface area (Å²) in [5.41, 5.74) is 15.3. The zero-order chi connectivity index (χ0) is 40.3. The van der Waals surface area contributed by atoms with E-state index in [0.29, 0.717) is 0 Å². The maximum Gasteiger partial charge on any atom is 0.143 e. The molecule has 0 radical (unpaired) electrons. The predicted octanol–water partition coefficient (Wildman–Crippen LogP) is 16.3. The Morgan fingerprint density at radius 1 is 0.328 bits per heavy atom. The van der Waals surface area contributed by atoms with E-state index in [9.17, 15) is 0 Å². The molecule has 0 atom stereocenters. The third-order valence-corrected chi connectivity index (χ3v) is 12.2. The number of hydrogen-bond acceptors (Lipinski definition) is 2. The summed E-state index contributed by atoms with van der Waals surface area (Å²) in [4.78, 5) is 2.39. The Morgan fingerprint density at radius 2 is 0.918 bits per heavy atom. The van der Waals surface area contributed by atoms with Gasteiger partial charge in [0.15, 0.2) is 0 Å². The molecule has 2 aromatic heterocycles. The first kappa shape index (κ1) is 34.9. The molecule has 0 amide bonds. The minimum Gasteiger partial charge on any atom is -0.455 e. The predicted molar refractivity (Wildman–Crippen MR) is 257 cm³/mol. The smallest absolute Gasteiger partial charge is 0.143 e. The van der Waals surface area contributed by atoms with Gasteiger partial charge < -0.3 is 13.9 Å². The van der Waals surface area contributed by atoms with E-state index in [1.54, 1.807) is 0 Å². The molecule has 0 N–H and O–H groups in total. The van der Waals surface area contributed by atoms with Crippen LogP contribution in [0, 0.1) is 0 Å². The molecular weight excluding hydrogens is 741 g/mol. The van der Waals surface area contributed by atoms with Crippen LogP contribution in [0.4, 0.5) is 17.1 Å². The molecule has 10 aromatic carbocycles. The number of anilines is 3. The van der Waals surface area contributed by atoms with Gasteiger partial charge in [-0.3, -0.25) is 0 Å². The van der Waals surface area contributed by atoms with Crippen LogP contribution in [0.3, 0.4) is 0 Å². The average molecular weight is 779 g/mol. The van der Waals surface area contributed by atoms with Crippen LogP contribution < -0.4 is 4.90 Å². The van der Waals surface area contributed by atoms with Crippen LogP contribution in [0.15, 0.2) is 235 Å². The summed E-state index contributed by atoms with van der Waals surface area (Å²) in [7, 11) is 0. The molecule has 2 heterocycles. The summed E-state index contributed by atoms with van der Waals surface area (Å²) >= 11 is 0. The molecule has 0 saturated carbocycles. The summed E-state index contributed by atoms with van der Waals surface area (Å²) < 4.78 is 9.08. The Morgan fingerprint density at radius 3 is 1.70 bits per heavy atom. The standard InChI is InChI=1S/C58H38N2O/c1-4-17-39(18-5-1)52-37-44(31-33-46(52)50-27-16-28-51-49-26-13-15-30-57(49)61-58(50)51)59(43-23-8-3-9-24-43)45-32-34-48-47-25-12-14-29-54(47)60(56(48)38-45)55-36-42-22-11-10-21-41(42)35-53(55)40-19-6-2-7-20-40/h1-38H. The van der Waals surface area contributed by atoms with Crippen molar-refractivity contribution in [2.24, 2.45) is 0 Å². The fraction of sp³-hybridized carbons (Fsp3) is 0. The van der Waals surface area contributed by atoms with Gasteiger partial charge in [0.25, 0.3) is 0 Å². The number of para-hydroxylation sites is 4. The highest BCUT2D eigenvalue weighted by Gasteiger charge is 2.22. The highest BCUT2D eigenvalue weighted by atomic mass is 16.3. The molecule has 0 aliphatic carbocycles. The van der Waals surface area contributed by atoms with Gasteiger partial charge in [0, 0.05) is 49.7 Å². The monoisotopic (exact) mass is 778 g/mol. The second-order valence-corrected chi connectivity index (χ2v) is 15.7. The van der Waals surface area contributed by atoms with Crippen LogP contribution in [0.1, 0.15) is 0 Å². The van der Waals surface area contributed by atoms with Crippen LogP contribution in [0.5, 0.6) is 0 Å². The molecule has 3 nitrogen and oxygen atoms in total. The van der Waals surface area contributed by atoms with Crippen LogP contribution in [-0.4, -0.2) is 4.57 Å². The van der Waals surface area contributed by atoms with Gasteiger partial charge in [-0.2, -0.15) is 0 Å². The number of rotatable bonds is 7. The quantitative estimate of drug-likeness (QED) is 0.161. The second kappa shape index (κ2) is 14.3. The van der Waals surface area contributed by atoms with Crippen LogP contribution in [0.2, 0.25) is 0 Å². The molecule has 0 spiro atoms. The summed E-state index contributed by atoms with van der Waals surface area (Å²) in [6, 6.07) is 83.0. The number of aromatic nitrogens is 1. The lowest BCUT2D eigenvalue weighted by molar-refractivity contribution is 0.670. The van der Waals surface area contributed by atoms with Crippen molar-refractivity contribution in [3.8, 4) is 39.1 Å². The third kappa shape index (κ3) is 5.82. The summed E-state index contributed by atoms with van der Waals surface area (Å²) in [6.45, 7) is 0. The van der Waals surface area contributed by atoms with Crippen LogP contribution in [0.25, 0.3) is 93.6 Å². The van der Waals surface area contributed by atoms with Gasteiger partial charge in [-0.1, -0.05) is 170 Å². The molecule has 0 saturated heterocycles. The minimum atomic E-state index is 0.894. The van der Waals surface area contributed by atoms with Crippen molar-refractivity contribution in [1.29, 1.82) is 0 Å². The Labute approximate surface area is 353 Å². The maximum atomic E-state index is 6.61. The number of fused-ring (bicyclic) bond motifs is 7. The lowest BCUT2D eigenvalue weighted by Crippen LogP contribution is -2.10. The van der Waals surface area contributed by atoms with Crippen LogP contribution >= 0.6 is 0 Å². The van der Waals surface area contributed by atoms with Crippen LogP contribution in [-0.2, 0) is 0 Å². The highest BCUT2D eigenvalue weighted by molar-refractivity contribution is 6.13. The van der Waals surface area contributed by atoms with E-state index >= 15 is 0 Å². The fourth-order valence-corrected chi connectivity index (χ4v) is 9.37. The lowest BCUT2D eigenvalue weighted by Gasteiger charge is -2.27. The van der Waals surface area contributed by atoms with Crippen molar-refractivity contribution in [3.05, 3.63) is 231 Å². The molecule has 0 fully saturated rings. The van der Waals surface area contributed by atoms with E-state index in [1.165, 1.54) is 38.2 Å². The SMILES string of the molecule is c1ccc(-c2cc(N(c3ccccc3)c3ccc4c5ccccc5n(-c5cc6ccccc6cc5-c5ccccc5)c4c3)ccc2-c2cccc3c2oc2ccccc23)cc1. The number of furan rings is 1. The van der Waals surface area contributed by atoms with Gasteiger partial charge in [-0.15, -0.1) is 0 Å². The van der Waals surface area contributed by atoms with Crippen molar-refractivity contribution < 1.29 is 4.42 Å². The van der Waals surface area contributed by atoms with Gasteiger partial charge in [0.1, 0.15) is 11.2 Å². The van der Waals surface area contributed by atoms with Crippen molar-refractivity contribution in [3.63, 3.8) is 0 Å². The molecule has 0 bridgehead atoms. The Hall–Kier alpha value is -8.14. The summed E-state index contributed by atoms with van der Waals surface area (Å²) in [6.07, 6.45) is 0. The molecule has 0 unspecified atom stereocenters. The third-order valence-electron chi connectivity index (χ3n) is 12.2. The molecule has 3 heteroatoms. The molecular formula is C58H38N2O. The molecule has 0 aliphatic rings. The zero-order valence-corrected chi connectivity index (χ0v) is 33.2. The van der Waals surface area contributed by atoms with E-state index < -0.39 is 0 Å². The summed E-state index contributed by atoms with van der Waals surface area (Å²) in [5, 5.41) is 7.09. The molecule has 12 rings (SSSR count). The topological polar surface area (TPSA) is 21.3 Å². The van der Waals surface area contributed by atoms with E-state index in [2.05, 4.69) is 234 Å². The van der Waals surface area contributed by atoms with Gasteiger partial charge in [0.2, 0.25) is 0 Å². The Bertz CT molecular complexity index is 3580. The Kier molecular flexibility index (Phi) is 8.17. The number of nitrogens with zero attached hydrogens (tertiary/aromatic N) is 2. The van der Waals surface area contributed by atoms with Crippen molar-refractivity contribution in [2.75, 3.05) is 4.90 Å². The van der Waals surface area contributed by atoms with E-state index in [1.807, 2.05) is 6.07 Å². The largest absolute Gasteiger partial charge is 0.455 e. The van der Waals surface area contributed by atoms with Gasteiger partial charge in [0.05, 0.1) is 16.7 Å². The first-order valence-corrected chi connectivity index (χ1v) is 20.8. The molecule has 12 aromatic rings. The van der Waals surface area contributed by atoms with Crippen molar-refractivity contribution >= 4 is 71.6 Å². The number of benzene rings is 10. The summed E-state index contributed by atoms with van der Waals surface area (Å²) in [5.74, 6) is 0. The van der Waals surface area contributed by atoms with E-state index in [4.69, 9.17) is 4.42 Å². The van der Waals surface area contributed by atoms with Gasteiger partial charge in [-0.25, -0.2) is 0 Å². The fourth-order valence-electron chi connectivity index (χ4n) is 9.37. The minimum absolute atomic E-state index is 0.894. The van der Waals surface area contributed by atoms with E-state index in [0.717, 1.165) is 72.5 Å². The Balaban J connectivity index is 1.10. The van der Waals surface area contributed by atoms with E-state index in [-0.39, 0.29) is 0 Å². The second-order valence-electron chi connectivity index (χ2n) is 15.7. The normalized spacial score (nSPS) is 11.6. The molecule has 286 valence electrons. The van der Waals surface area contributed by atoms with Crippen molar-refractivity contribution in [2.45, 2.75) is 0 Å². The average Bonchev–Trinajstić information content (AvgIpc) is 3.88. The zero-order valence-electron chi connectivity index (χ0n) is 33.2. The van der Waals surface area contributed by atoms with Crippen molar-refractivity contribution in [1.82, 2.24) is 4.57 Å². The van der Waals surface area contributed by atoms with Gasteiger partial charge in [-0.05, 0) is 93.7 Å². The highest BCUT2D eigenvalue weighted by Crippen LogP contribution is 2.45. The van der Waals surface area contributed by atoms with Gasteiger partial charge >= 0.3 is 0 Å². The number of hydrogen-bond donors (Lipinski definition) is 0. The maximum absolute atomic E-state index is 6.61. The first-order valence-electron chi connectivity index (χ1n) is 20.8.